The number of likely N-dealkylation sites (tertiary alicyclic amines) is 1. The molecule has 0 radical (unpaired) electrons. The molecule has 1 unspecified atom stereocenters. The highest BCUT2D eigenvalue weighted by atomic mass is 16.5. The van der Waals surface area contributed by atoms with Gasteiger partial charge in [0.05, 0.1) is 12.1 Å². The Balaban J connectivity index is 2.19. The number of aromatic nitrogens is 2. The van der Waals surface area contributed by atoms with E-state index in [4.69, 9.17) is 4.74 Å². The minimum atomic E-state index is -0.0200. The number of hydrogen-bond donors (Lipinski definition) is 1. The van der Waals surface area contributed by atoms with Gasteiger partial charge in [-0.2, -0.15) is 0 Å². The summed E-state index contributed by atoms with van der Waals surface area (Å²) in [5.74, 6) is 0.871. The number of nitrogens with one attached hydrogen (secondary N) is 1. The maximum atomic E-state index is 12.3. The third-order valence-electron chi connectivity index (χ3n) is 3.64. The van der Waals surface area contributed by atoms with E-state index in [0.717, 1.165) is 24.2 Å². The summed E-state index contributed by atoms with van der Waals surface area (Å²) in [4.78, 5) is 21.5. The van der Waals surface area contributed by atoms with Crippen LogP contribution in [-0.4, -0.2) is 40.5 Å². The third kappa shape index (κ3) is 3.04. The lowest BCUT2D eigenvalue weighted by molar-refractivity contribution is -0.127. The van der Waals surface area contributed by atoms with E-state index >= 15 is 0 Å². The van der Waals surface area contributed by atoms with Crippen LogP contribution >= 0.6 is 0 Å². The fourth-order valence-electron chi connectivity index (χ4n) is 2.33. The maximum absolute atomic E-state index is 12.3. The van der Waals surface area contributed by atoms with Gasteiger partial charge >= 0.3 is 0 Å². The van der Waals surface area contributed by atoms with E-state index in [-0.39, 0.29) is 18.1 Å². The molecule has 19 heavy (non-hydrogen) atoms. The number of amides is 1. The smallest absolute Gasteiger partial charge is 0.247 e. The molecule has 1 saturated heterocycles. The van der Waals surface area contributed by atoms with E-state index in [9.17, 15) is 4.79 Å². The number of methoxy groups -OCH3 is 1. The lowest BCUT2D eigenvalue weighted by atomic mass is 10.1. The Morgan fingerprint density at radius 3 is 3.05 bits per heavy atom. The second kappa shape index (κ2) is 6.02. The molecule has 104 valence electrons. The summed E-state index contributed by atoms with van der Waals surface area (Å²) >= 11 is 0. The van der Waals surface area contributed by atoms with Gasteiger partial charge in [0.25, 0.3) is 0 Å². The number of hydrogen-bond acceptors (Lipinski definition) is 3. The van der Waals surface area contributed by atoms with Gasteiger partial charge in [-0.1, -0.05) is 12.5 Å². The van der Waals surface area contributed by atoms with Crippen molar-refractivity contribution in [2.24, 2.45) is 0 Å². The highest BCUT2D eigenvalue weighted by Crippen LogP contribution is 2.31. The number of carbonyl (C=O) groups excluding carboxylic acids is 1. The van der Waals surface area contributed by atoms with Crippen LogP contribution in [0.15, 0.2) is 24.0 Å². The molecule has 1 aromatic rings. The quantitative estimate of drug-likeness (QED) is 0.846. The van der Waals surface area contributed by atoms with Crippen LogP contribution in [0.25, 0.3) is 0 Å². The molecular formula is C14H21N3O2. The van der Waals surface area contributed by atoms with Crippen LogP contribution in [0.4, 0.5) is 0 Å². The highest BCUT2D eigenvalue weighted by Gasteiger charge is 2.36. The van der Waals surface area contributed by atoms with Crippen molar-refractivity contribution in [3.63, 3.8) is 0 Å². The zero-order valence-corrected chi connectivity index (χ0v) is 11.7. The monoisotopic (exact) mass is 263 g/mol. The second-order valence-electron chi connectivity index (χ2n) is 4.92. The van der Waals surface area contributed by atoms with Crippen molar-refractivity contribution in [2.45, 2.75) is 38.8 Å². The lowest BCUT2D eigenvalue weighted by Crippen LogP contribution is -2.31. The average Bonchev–Trinajstić information content (AvgIpc) is 3.06. The SMILES string of the molecule is CC/C(C)=C/C(=O)N1C[C@H](OC)CC1c1ncc[nH]1. The van der Waals surface area contributed by atoms with Gasteiger partial charge in [0, 0.05) is 38.5 Å². The number of imidazole rings is 1. The average molecular weight is 263 g/mol. The standard InChI is InChI=1S/C14H21N3O2/c1-4-10(2)7-13(18)17-9-11(19-3)8-12(17)14-15-5-6-16-14/h5-7,11-12H,4,8-9H2,1-3H3,(H,15,16)/b10-7+/t11-,12?/m1/s1. The van der Waals surface area contributed by atoms with Crippen molar-refractivity contribution in [1.29, 1.82) is 0 Å². The van der Waals surface area contributed by atoms with Gasteiger partial charge in [0.15, 0.2) is 0 Å². The van der Waals surface area contributed by atoms with Crippen molar-refractivity contribution >= 4 is 5.91 Å². The lowest BCUT2D eigenvalue weighted by Gasteiger charge is -2.21. The van der Waals surface area contributed by atoms with Crippen LogP contribution in [0.5, 0.6) is 0 Å². The molecular weight excluding hydrogens is 242 g/mol. The Hall–Kier alpha value is -1.62. The summed E-state index contributed by atoms with van der Waals surface area (Å²) < 4.78 is 5.39. The van der Waals surface area contributed by atoms with Crippen molar-refractivity contribution in [3.8, 4) is 0 Å². The fourth-order valence-corrected chi connectivity index (χ4v) is 2.33. The van der Waals surface area contributed by atoms with E-state index in [1.807, 2.05) is 18.7 Å². The van der Waals surface area contributed by atoms with Crippen LogP contribution in [0.3, 0.4) is 0 Å². The molecule has 0 aromatic carbocycles. The Labute approximate surface area is 113 Å². The number of carbonyl (C=O) groups is 1. The van der Waals surface area contributed by atoms with Crippen LogP contribution < -0.4 is 0 Å². The molecule has 2 heterocycles. The molecule has 0 saturated carbocycles. The largest absolute Gasteiger partial charge is 0.380 e. The first-order valence-corrected chi connectivity index (χ1v) is 6.65. The predicted molar refractivity (Wildman–Crippen MR) is 72.5 cm³/mol. The van der Waals surface area contributed by atoms with Crippen LogP contribution in [0.2, 0.25) is 0 Å². The Morgan fingerprint density at radius 2 is 2.47 bits per heavy atom. The number of ether oxygens (including phenoxy) is 1. The topological polar surface area (TPSA) is 58.2 Å². The Bertz CT molecular complexity index is 453. The Kier molecular flexibility index (Phi) is 4.37. The number of nitrogens with zero attached hydrogens (tertiary/aromatic N) is 2. The molecule has 5 nitrogen and oxygen atoms in total. The third-order valence-corrected chi connectivity index (χ3v) is 3.64. The highest BCUT2D eigenvalue weighted by molar-refractivity contribution is 5.88. The number of rotatable bonds is 4. The number of allylic oxidation sites excluding steroid dienone is 1. The maximum Gasteiger partial charge on any atom is 0.247 e. The summed E-state index contributed by atoms with van der Waals surface area (Å²) in [6.45, 7) is 4.64. The van der Waals surface area contributed by atoms with Crippen molar-refractivity contribution in [3.05, 3.63) is 29.9 Å². The predicted octanol–water partition coefficient (Wildman–Crippen LogP) is 2.05. The van der Waals surface area contributed by atoms with E-state index in [1.54, 1.807) is 25.6 Å². The van der Waals surface area contributed by atoms with Crippen LogP contribution in [0.1, 0.15) is 38.6 Å². The number of H-pyrrole nitrogens is 1. The summed E-state index contributed by atoms with van der Waals surface area (Å²) in [5.41, 5.74) is 1.09. The first kappa shape index (κ1) is 13.8. The molecule has 2 rings (SSSR count). The molecule has 0 aliphatic carbocycles. The van der Waals surface area contributed by atoms with Gasteiger partial charge in [0.1, 0.15) is 5.82 Å². The second-order valence-corrected chi connectivity index (χ2v) is 4.92. The van der Waals surface area contributed by atoms with Gasteiger partial charge in [-0.25, -0.2) is 4.98 Å². The molecule has 1 amide bonds. The van der Waals surface area contributed by atoms with E-state index in [0.29, 0.717) is 6.54 Å². The minimum absolute atomic E-state index is 0.0200. The molecule has 0 spiro atoms. The molecule has 5 heteroatoms. The minimum Gasteiger partial charge on any atom is -0.380 e. The van der Waals surface area contributed by atoms with Gasteiger partial charge in [-0.3, -0.25) is 4.79 Å². The first-order chi connectivity index (χ1) is 9.15. The molecule has 1 aliphatic heterocycles. The molecule has 1 fully saturated rings. The summed E-state index contributed by atoms with van der Waals surface area (Å²) in [7, 11) is 1.69. The van der Waals surface area contributed by atoms with E-state index in [1.165, 1.54) is 0 Å². The normalized spacial score (nSPS) is 23.9. The van der Waals surface area contributed by atoms with Crippen LogP contribution in [0, 0.1) is 0 Å². The summed E-state index contributed by atoms with van der Waals surface area (Å²) in [6.07, 6.45) is 6.96. The van der Waals surface area contributed by atoms with Crippen molar-refractivity contribution < 1.29 is 9.53 Å². The van der Waals surface area contributed by atoms with E-state index in [2.05, 4.69) is 9.97 Å². The van der Waals surface area contributed by atoms with Gasteiger partial charge in [-0.15, -0.1) is 0 Å². The molecule has 0 bridgehead atoms. The molecule has 1 aromatic heterocycles. The number of aromatic amines is 1. The van der Waals surface area contributed by atoms with Crippen molar-refractivity contribution in [1.82, 2.24) is 14.9 Å². The molecule has 1 N–H and O–H groups in total. The van der Waals surface area contributed by atoms with Gasteiger partial charge in [0.2, 0.25) is 5.91 Å². The zero-order chi connectivity index (χ0) is 13.8. The Morgan fingerprint density at radius 1 is 1.68 bits per heavy atom. The molecule has 2 atom stereocenters. The fraction of sp³-hybridized carbons (Fsp3) is 0.571. The van der Waals surface area contributed by atoms with Crippen LogP contribution in [-0.2, 0) is 9.53 Å². The van der Waals surface area contributed by atoms with Crippen molar-refractivity contribution in [2.75, 3.05) is 13.7 Å². The summed E-state index contributed by atoms with van der Waals surface area (Å²) in [6, 6.07) is -0.0200. The van der Waals surface area contributed by atoms with Gasteiger partial charge in [-0.05, 0) is 13.3 Å². The molecule has 1 aliphatic rings. The van der Waals surface area contributed by atoms with Gasteiger partial charge < -0.3 is 14.6 Å². The van der Waals surface area contributed by atoms with E-state index < -0.39 is 0 Å². The zero-order valence-electron chi connectivity index (χ0n) is 11.7. The first-order valence-electron chi connectivity index (χ1n) is 6.65. The summed E-state index contributed by atoms with van der Waals surface area (Å²) in [5, 5.41) is 0.